The fourth-order valence-corrected chi connectivity index (χ4v) is 2.94. The maximum atomic E-state index is 11.7. The molecule has 1 aliphatic carbocycles. The Kier molecular flexibility index (Phi) is 3.69. The Morgan fingerprint density at radius 3 is 2.53 bits per heavy atom. The fourth-order valence-electron chi connectivity index (χ4n) is 2.94. The molecule has 1 amide bonds. The molecule has 1 aliphatic heterocycles. The summed E-state index contributed by atoms with van der Waals surface area (Å²) in [6.07, 6.45) is 5.05. The zero-order valence-electron chi connectivity index (χ0n) is 10.4. The summed E-state index contributed by atoms with van der Waals surface area (Å²) in [5.41, 5.74) is 0. The van der Waals surface area contributed by atoms with Crippen molar-refractivity contribution in [3.8, 4) is 0 Å². The van der Waals surface area contributed by atoms with Gasteiger partial charge >= 0.3 is 5.97 Å². The lowest BCUT2D eigenvalue weighted by atomic mass is 9.83. The van der Waals surface area contributed by atoms with Crippen LogP contribution in [0.25, 0.3) is 0 Å². The topological polar surface area (TPSA) is 57.6 Å². The van der Waals surface area contributed by atoms with Gasteiger partial charge in [-0.1, -0.05) is 19.8 Å². The average Bonchev–Trinajstić information content (AvgIpc) is 2.64. The van der Waals surface area contributed by atoms with Crippen LogP contribution in [0.15, 0.2) is 0 Å². The van der Waals surface area contributed by atoms with E-state index in [2.05, 4.69) is 6.92 Å². The van der Waals surface area contributed by atoms with Crippen LogP contribution in [0, 0.1) is 17.8 Å². The van der Waals surface area contributed by atoms with Gasteiger partial charge in [-0.3, -0.25) is 9.59 Å². The van der Waals surface area contributed by atoms with Crippen LogP contribution < -0.4 is 0 Å². The van der Waals surface area contributed by atoms with Crippen molar-refractivity contribution in [3.63, 3.8) is 0 Å². The van der Waals surface area contributed by atoms with Crippen molar-refractivity contribution < 1.29 is 14.7 Å². The molecule has 2 fully saturated rings. The van der Waals surface area contributed by atoms with Crippen molar-refractivity contribution in [2.45, 2.75) is 39.0 Å². The highest BCUT2D eigenvalue weighted by Gasteiger charge is 2.35. The molecule has 2 aliphatic rings. The SMILES string of the molecule is CC1CCC(CN2CC(C(=O)O)CC2=O)CC1. The summed E-state index contributed by atoms with van der Waals surface area (Å²) >= 11 is 0. The van der Waals surface area contributed by atoms with E-state index in [9.17, 15) is 9.59 Å². The van der Waals surface area contributed by atoms with Gasteiger partial charge in [-0.05, 0) is 24.7 Å². The first kappa shape index (κ1) is 12.4. The molecule has 4 nitrogen and oxygen atoms in total. The van der Waals surface area contributed by atoms with Crippen LogP contribution in [-0.4, -0.2) is 35.0 Å². The van der Waals surface area contributed by atoms with Crippen LogP contribution in [0.1, 0.15) is 39.0 Å². The van der Waals surface area contributed by atoms with Gasteiger partial charge in [-0.15, -0.1) is 0 Å². The molecule has 0 spiro atoms. The third-order valence-corrected chi connectivity index (χ3v) is 4.18. The minimum atomic E-state index is -0.835. The fraction of sp³-hybridized carbons (Fsp3) is 0.846. The standard InChI is InChI=1S/C13H21NO3/c1-9-2-4-10(5-3-9)7-14-8-11(13(16)17)6-12(14)15/h9-11H,2-8H2,1H3,(H,16,17). The monoisotopic (exact) mass is 239 g/mol. The van der Waals surface area contributed by atoms with Crippen molar-refractivity contribution in [1.82, 2.24) is 4.90 Å². The van der Waals surface area contributed by atoms with E-state index >= 15 is 0 Å². The Bertz CT molecular complexity index is 308. The van der Waals surface area contributed by atoms with Crippen LogP contribution in [0.5, 0.6) is 0 Å². The molecular weight excluding hydrogens is 218 g/mol. The second-order valence-corrected chi connectivity index (χ2v) is 5.66. The van der Waals surface area contributed by atoms with E-state index in [0.29, 0.717) is 12.5 Å². The van der Waals surface area contributed by atoms with Crippen molar-refractivity contribution in [2.24, 2.45) is 17.8 Å². The zero-order valence-corrected chi connectivity index (χ0v) is 10.4. The smallest absolute Gasteiger partial charge is 0.308 e. The Morgan fingerprint density at radius 2 is 2.00 bits per heavy atom. The molecule has 1 N–H and O–H groups in total. The van der Waals surface area contributed by atoms with Crippen molar-refractivity contribution in [3.05, 3.63) is 0 Å². The Labute approximate surface area is 102 Å². The number of hydrogen-bond acceptors (Lipinski definition) is 2. The molecule has 1 unspecified atom stereocenters. The largest absolute Gasteiger partial charge is 0.481 e. The van der Waals surface area contributed by atoms with Crippen LogP contribution in [0.2, 0.25) is 0 Å². The predicted octanol–water partition coefficient (Wildman–Crippen LogP) is 1.75. The first-order valence-corrected chi connectivity index (χ1v) is 6.57. The molecule has 17 heavy (non-hydrogen) atoms. The molecule has 4 heteroatoms. The van der Waals surface area contributed by atoms with Gasteiger partial charge in [-0.2, -0.15) is 0 Å². The van der Waals surface area contributed by atoms with Crippen LogP contribution in [0.4, 0.5) is 0 Å². The second kappa shape index (κ2) is 5.07. The van der Waals surface area contributed by atoms with Crippen LogP contribution in [0.3, 0.4) is 0 Å². The number of rotatable bonds is 3. The van der Waals surface area contributed by atoms with Crippen molar-refractivity contribution >= 4 is 11.9 Å². The van der Waals surface area contributed by atoms with Crippen LogP contribution >= 0.6 is 0 Å². The number of nitrogens with zero attached hydrogens (tertiary/aromatic N) is 1. The second-order valence-electron chi connectivity index (χ2n) is 5.66. The maximum absolute atomic E-state index is 11.7. The van der Waals surface area contributed by atoms with E-state index in [1.54, 1.807) is 4.90 Å². The zero-order chi connectivity index (χ0) is 12.4. The molecule has 0 aromatic heterocycles. The number of carboxylic acid groups (broad SMARTS) is 1. The molecule has 0 aromatic carbocycles. The summed E-state index contributed by atoms with van der Waals surface area (Å²) in [6, 6.07) is 0. The minimum Gasteiger partial charge on any atom is -0.481 e. The quantitative estimate of drug-likeness (QED) is 0.816. The van der Waals surface area contributed by atoms with E-state index in [4.69, 9.17) is 5.11 Å². The highest BCUT2D eigenvalue weighted by Crippen LogP contribution is 2.30. The molecule has 2 rings (SSSR count). The van der Waals surface area contributed by atoms with Gasteiger partial charge in [0.05, 0.1) is 5.92 Å². The molecule has 0 bridgehead atoms. The minimum absolute atomic E-state index is 0.0241. The van der Waals surface area contributed by atoms with Gasteiger partial charge in [-0.25, -0.2) is 0 Å². The van der Waals surface area contributed by atoms with Gasteiger partial charge in [0.2, 0.25) is 5.91 Å². The van der Waals surface area contributed by atoms with E-state index in [1.807, 2.05) is 0 Å². The lowest BCUT2D eigenvalue weighted by Crippen LogP contribution is -2.33. The predicted molar refractivity (Wildman–Crippen MR) is 63.4 cm³/mol. The summed E-state index contributed by atoms with van der Waals surface area (Å²) in [7, 11) is 0. The number of carbonyl (C=O) groups excluding carboxylic acids is 1. The van der Waals surface area contributed by atoms with Crippen molar-refractivity contribution in [1.29, 1.82) is 0 Å². The van der Waals surface area contributed by atoms with Gasteiger partial charge < -0.3 is 10.0 Å². The van der Waals surface area contributed by atoms with Gasteiger partial charge in [0.15, 0.2) is 0 Å². The number of aliphatic carboxylic acids is 1. The molecule has 1 saturated heterocycles. The molecule has 0 radical (unpaired) electrons. The summed E-state index contributed by atoms with van der Waals surface area (Å²) < 4.78 is 0. The first-order chi connectivity index (χ1) is 8.06. The molecule has 96 valence electrons. The average molecular weight is 239 g/mol. The number of hydrogen-bond donors (Lipinski definition) is 1. The first-order valence-electron chi connectivity index (χ1n) is 6.57. The van der Waals surface area contributed by atoms with Gasteiger partial charge in [0.25, 0.3) is 0 Å². The van der Waals surface area contributed by atoms with E-state index in [1.165, 1.54) is 25.7 Å². The summed E-state index contributed by atoms with van der Waals surface area (Å²) in [5, 5.41) is 8.91. The maximum Gasteiger partial charge on any atom is 0.308 e. The third-order valence-electron chi connectivity index (χ3n) is 4.18. The molecule has 1 heterocycles. The highest BCUT2D eigenvalue weighted by atomic mass is 16.4. The molecule has 1 saturated carbocycles. The van der Waals surface area contributed by atoms with Crippen molar-refractivity contribution in [2.75, 3.05) is 13.1 Å². The molecule has 1 atom stereocenters. The number of carboxylic acids is 1. The Balaban J connectivity index is 1.83. The normalized spacial score (nSPS) is 34.1. The number of carbonyl (C=O) groups is 2. The Morgan fingerprint density at radius 1 is 1.35 bits per heavy atom. The lowest BCUT2D eigenvalue weighted by Gasteiger charge is -2.29. The van der Waals surface area contributed by atoms with E-state index in [-0.39, 0.29) is 12.3 Å². The molecule has 0 aromatic rings. The van der Waals surface area contributed by atoms with E-state index < -0.39 is 11.9 Å². The van der Waals surface area contributed by atoms with Crippen LogP contribution in [-0.2, 0) is 9.59 Å². The summed E-state index contributed by atoms with van der Waals surface area (Å²) in [5.74, 6) is 0.106. The Hall–Kier alpha value is -1.06. The number of amides is 1. The number of likely N-dealkylation sites (tertiary alicyclic amines) is 1. The highest BCUT2D eigenvalue weighted by molar-refractivity contribution is 5.86. The summed E-state index contributed by atoms with van der Waals surface area (Å²) in [6.45, 7) is 3.47. The van der Waals surface area contributed by atoms with E-state index in [0.717, 1.165) is 12.5 Å². The van der Waals surface area contributed by atoms with Gasteiger partial charge in [0, 0.05) is 19.5 Å². The summed E-state index contributed by atoms with van der Waals surface area (Å²) in [4.78, 5) is 24.3. The third kappa shape index (κ3) is 2.99. The lowest BCUT2D eigenvalue weighted by molar-refractivity contribution is -0.141. The van der Waals surface area contributed by atoms with Gasteiger partial charge in [0.1, 0.15) is 0 Å². The molecular formula is C13H21NO3.